The van der Waals surface area contributed by atoms with Crippen molar-refractivity contribution in [2.24, 2.45) is 21.5 Å². The van der Waals surface area contributed by atoms with Gasteiger partial charge in [0.1, 0.15) is 5.75 Å². The molecule has 158 valence electrons. The maximum atomic E-state index is 5.86. The number of hydrogen-bond acceptors (Lipinski definition) is 10. The lowest BCUT2D eigenvalue weighted by molar-refractivity contribution is -0.158. The number of benzene rings is 1. The molecule has 0 saturated carbocycles. The third-order valence-electron chi connectivity index (χ3n) is 3.74. The molecule has 1 aromatic carbocycles. The first-order valence-corrected chi connectivity index (χ1v) is 8.37. The minimum atomic E-state index is -0.729. The Hall–Kier alpha value is -2.59. The molecule has 0 atom stereocenters. The second-order valence-electron chi connectivity index (χ2n) is 6.13. The summed E-state index contributed by atoms with van der Waals surface area (Å²) in [4.78, 5) is 13.8. The van der Waals surface area contributed by atoms with Crippen LogP contribution in [0.5, 0.6) is 23.0 Å². The van der Waals surface area contributed by atoms with Crippen LogP contribution >= 0.6 is 12.4 Å². The van der Waals surface area contributed by atoms with E-state index in [1.807, 2.05) is 13.8 Å². The molecule has 1 aliphatic heterocycles. The summed E-state index contributed by atoms with van der Waals surface area (Å²) in [6, 6.07) is 3.47. The van der Waals surface area contributed by atoms with Crippen LogP contribution in [0.4, 0.5) is 0 Å². The van der Waals surface area contributed by atoms with Gasteiger partial charge in [0.2, 0.25) is 17.7 Å². The highest BCUT2D eigenvalue weighted by Gasteiger charge is 2.32. The van der Waals surface area contributed by atoms with Crippen LogP contribution in [0.25, 0.3) is 0 Å². The summed E-state index contributed by atoms with van der Waals surface area (Å²) in [7, 11) is 4.65. The number of nitrogens with two attached hydrogens (primary N) is 2. The standard InChI is InChI=1S/C17H27N5O5.ClH/c1-17(2)21-15(18)20-16(19)22(17)27-8-6-7-26-11-9-12(23-3)14(25-5)13(10-11)24-4;/h9-10H,6-8H2,1-5H3,(H4,18,19,20,21);1H. The molecule has 0 bridgehead atoms. The van der Waals surface area contributed by atoms with Gasteiger partial charge in [-0.1, -0.05) is 0 Å². The van der Waals surface area contributed by atoms with Crippen LogP contribution in [0.2, 0.25) is 0 Å². The van der Waals surface area contributed by atoms with Gasteiger partial charge in [0, 0.05) is 18.6 Å². The molecule has 0 unspecified atom stereocenters. The number of hydroxylamine groups is 2. The molecule has 2 rings (SSSR count). The smallest absolute Gasteiger partial charge is 0.226 e. The van der Waals surface area contributed by atoms with E-state index in [2.05, 4.69) is 9.98 Å². The summed E-state index contributed by atoms with van der Waals surface area (Å²) in [6.07, 6.45) is 0.607. The SMILES string of the molecule is COc1cc(OCCCON2C(N)=NC(N)=NC2(C)C)cc(OC)c1OC.Cl. The molecule has 0 fully saturated rings. The van der Waals surface area contributed by atoms with E-state index in [1.54, 1.807) is 33.5 Å². The van der Waals surface area contributed by atoms with Gasteiger partial charge in [0.15, 0.2) is 17.2 Å². The van der Waals surface area contributed by atoms with E-state index < -0.39 is 5.66 Å². The van der Waals surface area contributed by atoms with Crippen LogP contribution in [0.15, 0.2) is 22.1 Å². The first kappa shape index (κ1) is 23.4. The third-order valence-corrected chi connectivity index (χ3v) is 3.74. The van der Waals surface area contributed by atoms with Crippen molar-refractivity contribution in [3.8, 4) is 23.0 Å². The summed E-state index contributed by atoms with van der Waals surface area (Å²) in [6.45, 7) is 4.43. The van der Waals surface area contributed by atoms with Crippen molar-refractivity contribution in [1.82, 2.24) is 5.06 Å². The monoisotopic (exact) mass is 417 g/mol. The molecular formula is C17H28ClN5O5. The van der Waals surface area contributed by atoms with E-state index in [1.165, 1.54) is 5.06 Å². The fraction of sp³-hybridized carbons (Fsp3) is 0.529. The molecule has 0 aliphatic carbocycles. The van der Waals surface area contributed by atoms with Crippen molar-refractivity contribution < 1.29 is 23.8 Å². The van der Waals surface area contributed by atoms with Gasteiger partial charge < -0.3 is 30.4 Å². The minimum Gasteiger partial charge on any atom is -0.493 e. The van der Waals surface area contributed by atoms with E-state index in [4.69, 9.17) is 35.3 Å². The number of rotatable bonds is 9. The lowest BCUT2D eigenvalue weighted by Crippen LogP contribution is -2.53. The van der Waals surface area contributed by atoms with Crippen molar-refractivity contribution in [2.75, 3.05) is 34.5 Å². The van der Waals surface area contributed by atoms with Crippen molar-refractivity contribution in [2.45, 2.75) is 25.9 Å². The number of methoxy groups -OCH3 is 3. The molecule has 10 nitrogen and oxygen atoms in total. The Morgan fingerprint density at radius 3 is 2.11 bits per heavy atom. The van der Waals surface area contributed by atoms with Gasteiger partial charge in [-0.2, -0.15) is 10.1 Å². The molecule has 0 radical (unpaired) electrons. The Morgan fingerprint density at radius 1 is 1.00 bits per heavy atom. The zero-order valence-electron chi connectivity index (χ0n) is 16.7. The highest BCUT2D eigenvalue weighted by molar-refractivity contribution is 5.95. The lowest BCUT2D eigenvalue weighted by Gasteiger charge is -2.36. The van der Waals surface area contributed by atoms with Crippen molar-refractivity contribution in [1.29, 1.82) is 0 Å². The molecule has 0 spiro atoms. The van der Waals surface area contributed by atoms with Crippen molar-refractivity contribution in [3.05, 3.63) is 12.1 Å². The topological polar surface area (TPSA) is 126 Å². The Bertz CT molecular complexity index is 701. The van der Waals surface area contributed by atoms with Gasteiger partial charge in [-0.3, -0.25) is 4.84 Å². The first-order valence-electron chi connectivity index (χ1n) is 8.37. The highest BCUT2D eigenvalue weighted by atomic mass is 35.5. The number of hydrogen-bond donors (Lipinski definition) is 2. The number of guanidine groups is 2. The average Bonchev–Trinajstić information content (AvgIpc) is 2.61. The molecule has 4 N–H and O–H groups in total. The van der Waals surface area contributed by atoms with Gasteiger partial charge in [0.05, 0.1) is 34.5 Å². The normalized spacial score (nSPS) is 15.1. The summed E-state index contributed by atoms with van der Waals surface area (Å²) in [5.41, 5.74) is 10.8. The maximum Gasteiger partial charge on any atom is 0.226 e. The number of aliphatic imine (C=N–C) groups is 2. The Labute approximate surface area is 170 Å². The average molecular weight is 418 g/mol. The highest BCUT2D eigenvalue weighted by Crippen LogP contribution is 2.40. The fourth-order valence-electron chi connectivity index (χ4n) is 2.56. The van der Waals surface area contributed by atoms with Crippen molar-refractivity contribution in [3.63, 3.8) is 0 Å². The van der Waals surface area contributed by atoms with Crippen molar-refractivity contribution >= 4 is 24.3 Å². The van der Waals surface area contributed by atoms with Gasteiger partial charge in [0.25, 0.3) is 0 Å². The summed E-state index contributed by atoms with van der Waals surface area (Å²) < 4.78 is 21.6. The largest absolute Gasteiger partial charge is 0.493 e. The van der Waals surface area contributed by atoms with E-state index in [9.17, 15) is 0 Å². The van der Waals surface area contributed by atoms with Gasteiger partial charge >= 0.3 is 0 Å². The molecule has 0 saturated heterocycles. The summed E-state index contributed by atoms with van der Waals surface area (Å²) in [5, 5.41) is 1.43. The molecule has 1 aromatic rings. The maximum absolute atomic E-state index is 5.86. The zero-order valence-corrected chi connectivity index (χ0v) is 17.5. The van der Waals surface area contributed by atoms with Gasteiger partial charge in [-0.25, -0.2) is 4.99 Å². The van der Waals surface area contributed by atoms with Gasteiger partial charge in [-0.05, 0) is 13.8 Å². The summed E-state index contributed by atoms with van der Waals surface area (Å²) in [5.74, 6) is 2.45. The Morgan fingerprint density at radius 2 is 1.61 bits per heavy atom. The second-order valence-corrected chi connectivity index (χ2v) is 6.13. The van der Waals surface area contributed by atoms with E-state index in [0.29, 0.717) is 42.6 Å². The molecule has 1 aliphatic rings. The Kier molecular flexibility index (Phi) is 8.45. The molecule has 0 aromatic heterocycles. The van der Waals surface area contributed by atoms with E-state index in [0.717, 1.165) is 0 Å². The first-order chi connectivity index (χ1) is 12.8. The number of ether oxygens (including phenoxy) is 4. The third kappa shape index (κ3) is 5.46. The fourth-order valence-corrected chi connectivity index (χ4v) is 2.56. The van der Waals surface area contributed by atoms with Crippen LogP contribution in [0.1, 0.15) is 20.3 Å². The molecule has 28 heavy (non-hydrogen) atoms. The minimum absolute atomic E-state index is 0. The molecule has 1 heterocycles. The lowest BCUT2D eigenvalue weighted by atomic mass is 10.2. The summed E-state index contributed by atoms with van der Waals surface area (Å²) >= 11 is 0. The van der Waals surface area contributed by atoms with Crippen LogP contribution < -0.4 is 30.4 Å². The molecule has 0 amide bonds. The van der Waals surface area contributed by atoms with Gasteiger partial charge in [-0.15, -0.1) is 12.4 Å². The molecule has 11 heteroatoms. The van der Waals surface area contributed by atoms with E-state index >= 15 is 0 Å². The predicted octanol–water partition coefficient (Wildman–Crippen LogP) is 1.52. The van der Waals surface area contributed by atoms with Crippen LogP contribution in [0.3, 0.4) is 0 Å². The quantitative estimate of drug-likeness (QED) is 0.579. The number of nitrogens with zero attached hydrogens (tertiary/aromatic N) is 3. The Balaban J connectivity index is 0.00000392. The zero-order chi connectivity index (χ0) is 20.0. The van der Waals surface area contributed by atoms with Crippen LogP contribution in [-0.2, 0) is 4.84 Å². The van der Waals surface area contributed by atoms with Crippen LogP contribution in [0, 0.1) is 0 Å². The van der Waals surface area contributed by atoms with Crippen LogP contribution in [-0.4, -0.2) is 57.2 Å². The number of halogens is 1. The van der Waals surface area contributed by atoms with E-state index in [-0.39, 0.29) is 24.3 Å². The molecular weight excluding hydrogens is 390 g/mol. The second kappa shape index (κ2) is 10.1. The predicted molar refractivity (Wildman–Crippen MR) is 109 cm³/mol.